The molecule has 0 bridgehead atoms. The van der Waals surface area contributed by atoms with Crippen LogP contribution in [0.3, 0.4) is 0 Å². The molecule has 1 saturated carbocycles. The van der Waals surface area contributed by atoms with Gasteiger partial charge in [-0.1, -0.05) is 18.6 Å². The van der Waals surface area contributed by atoms with Gasteiger partial charge in [-0.3, -0.25) is 0 Å². The Morgan fingerprint density at radius 1 is 1.38 bits per heavy atom. The lowest BCUT2D eigenvalue weighted by atomic mass is 10.1. The highest BCUT2D eigenvalue weighted by Gasteiger charge is 2.27. The van der Waals surface area contributed by atoms with Crippen molar-refractivity contribution in [2.24, 2.45) is 5.92 Å². The van der Waals surface area contributed by atoms with Gasteiger partial charge >= 0.3 is 6.03 Å². The van der Waals surface area contributed by atoms with Gasteiger partial charge in [0.05, 0.1) is 16.8 Å². The van der Waals surface area contributed by atoms with E-state index in [9.17, 15) is 9.90 Å². The molecule has 6 heteroatoms. The molecule has 1 aliphatic carbocycles. The second-order valence-electron chi connectivity index (χ2n) is 6.40. The minimum absolute atomic E-state index is 0.147. The molecular weight excluding hydrogens is 322 g/mol. The second kappa shape index (κ2) is 7.32. The molecule has 0 saturated heterocycles. The number of hydrogen-bond donors (Lipinski definition) is 2. The van der Waals surface area contributed by atoms with Crippen LogP contribution in [0.25, 0.3) is 11.3 Å². The highest BCUT2D eigenvalue weighted by Crippen LogP contribution is 2.26. The summed E-state index contributed by atoms with van der Waals surface area (Å²) in [5, 5.41) is 15.9. The number of nitrogens with one attached hydrogen (secondary N) is 1. The normalized spacial score (nSPS) is 20.1. The molecule has 0 radical (unpaired) electrons. The summed E-state index contributed by atoms with van der Waals surface area (Å²) in [5.41, 5.74) is 2.76. The van der Waals surface area contributed by atoms with Gasteiger partial charge in [0.1, 0.15) is 0 Å². The van der Waals surface area contributed by atoms with Crippen molar-refractivity contribution in [3.8, 4) is 11.3 Å². The molecule has 24 heavy (non-hydrogen) atoms. The van der Waals surface area contributed by atoms with Crippen molar-refractivity contribution in [2.75, 3.05) is 18.9 Å². The number of hydrogen-bond acceptors (Lipinski definition) is 4. The fraction of sp³-hybridized carbons (Fsp3) is 0.444. The smallest absolute Gasteiger partial charge is 0.321 e. The number of aliphatic hydroxyl groups excluding tert-OH is 1. The molecule has 1 fully saturated rings. The number of benzene rings is 1. The maximum Gasteiger partial charge on any atom is 0.321 e. The van der Waals surface area contributed by atoms with Crippen molar-refractivity contribution in [1.29, 1.82) is 0 Å². The molecule has 1 aromatic carbocycles. The van der Waals surface area contributed by atoms with Crippen molar-refractivity contribution in [2.45, 2.75) is 32.3 Å². The van der Waals surface area contributed by atoms with Crippen LogP contribution in [0.5, 0.6) is 0 Å². The summed E-state index contributed by atoms with van der Waals surface area (Å²) in [6.45, 7) is 2.57. The monoisotopic (exact) mass is 345 g/mol. The average Bonchev–Trinajstić information content (AvgIpc) is 3.17. The first-order valence-electron chi connectivity index (χ1n) is 8.25. The van der Waals surface area contributed by atoms with E-state index in [1.165, 1.54) is 0 Å². The topological polar surface area (TPSA) is 65.5 Å². The van der Waals surface area contributed by atoms with Gasteiger partial charge in [-0.15, -0.1) is 11.3 Å². The van der Waals surface area contributed by atoms with E-state index in [2.05, 4.69) is 10.3 Å². The van der Waals surface area contributed by atoms with Gasteiger partial charge in [-0.2, -0.15) is 0 Å². The van der Waals surface area contributed by atoms with E-state index < -0.39 is 0 Å². The maximum atomic E-state index is 12.3. The lowest BCUT2D eigenvalue weighted by Crippen LogP contribution is -2.37. The number of carbonyl (C=O) groups is 1. The van der Waals surface area contributed by atoms with Crippen LogP contribution in [-0.4, -0.2) is 40.7 Å². The summed E-state index contributed by atoms with van der Waals surface area (Å²) in [6.07, 6.45) is 2.60. The van der Waals surface area contributed by atoms with Gasteiger partial charge in [0.2, 0.25) is 0 Å². The van der Waals surface area contributed by atoms with Gasteiger partial charge in [0, 0.05) is 36.1 Å². The minimum Gasteiger partial charge on any atom is -0.393 e. The second-order valence-corrected chi connectivity index (χ2v) is 7.46. The lowest BCUT2D eigenvalue weighted by molar-refractivity contribution is 0.116. The van der Waals surface area contributed by atoms with Crippen LogP contribution in [0.2, 0.25) is 0 Å². The fourth-order valence-corrected chi connectivity index (χ4v) is 3.73. The van der Waals surface area contributed by atoms with Crippen LogP contribution in [0.15, 0.2) is 29.6 Å². The summed E-state index contributed by atoms with van der Waals surface area (Å²) in [6, 6.07) is 7.56. The summed E-state index contributed by atoms with van der Waals surface area (Å²) >= 11 is 1.63. The molecule has 2 aromatic rings. The number of aromatic nitrogens is 1. The third kappa shape index (κ3) is 3.94. The van der Waals surface area contributed by atoms with Gasteiger partial charge in [-0.25, -0.2) is 9.78 Å². The summed E-state index contributed by atoms with van der Waals surface area (Å²) in [7, 11) is 1.77. The van der Waals surface area contributed by atoms with Crippen LogP contribution >= 0.6 is 11.3 Å². The van der Waals surface area contributed by atoms with E-state index in [1.54, 1.807) is 23.3 Å². The Morgan fingerprint density at radius 2 is 2.12 bits per heavy atom. The Balaban J connectivity index is 1.58. The molecule has 1 heterocycles. The molecule has 1 aromatic heterocycles. The number of aryl methyl sites for hydroxylation is 1. The molecule has 2 atom stereocenters. The number of thiazole rings is 1. The zero-order valence-corrected chi connectivity index (χ0v) is 14.8. The number of nitrogens with zero attached hydrogens (tertiary/aromatic N) is 2. The fourth-order valence-electron chi connectivity index (χ4n) is 3.10. The van der Waals surface area contributed by atoms with Gasteiger partial charge in [0.25, 0.3) is 0 Å². The quantitative estimate of drug-likeness (QED) is 0.887. The highest BCUT2D eigenvalue weighted by molar-refractivity contribution is 7.09. The number of aliphatic hydroxyl groups is 1. The molecular formula is C18H23N3O2S. The van der Waals surface area contributed by atoms with E-state index in [1.807, 2.05) is 36.6 Å². The summed E-state index contributed by atoms with van der Waals surface area (Å²) in [5.74, 6) is 0.191. The first-order chi connectivity index (χ1) is 11.5. The molecule has 1 aliphatic rings. The van der Waals surface area contributed by atoms with Gasteiger partial charge in [0.15, 0.2) is 0 Å². The predicted octanol–water partition coefficient (Wildman–Crippen LogP) is 3.74. The van der Waals surface area contributed by atoms with E-state index in [0.29, 0.717) is 6.54 Å². The number of carbonyl (C=O) groups excluding carboxylic acids is 1. The molecule has 2 N–H and O–H groups in total. The van der Waals surface area contributed by atoms with Gasteiger partial charge in [-0.05, 0) is 31.9 Å². The molecule has 128 valence electrons. The van der Waals surface area contributed by atoms with E-state index in [0.717, 1.165) is 41.2 Å². The summed E-state index contributed by atoms with van der Waals surface area (Å²) < 4.78 is 0. The Labute approximate surface area is 146 Å². The molecule has 2 unspecified atom stereocenters. The largest absolute Gasteiger partial charge is 0.393 e. The van der Waals surface area contributed by atoms with Gasteiger partial charge < -0.3 is 15.3 Å². The molecule has 2 amide bonds. The molecule has 0 spiro atoms. The highest BCUT2D eigenvalue weighted by atomic mass is 32.1. The molecule has 5 nitrogen and oxygen atoms in total. The molecule has 3 rings (SSSR count). The van der Waals surface area contributed by atoms with E-state index in [-0.39, 0.29) is 18.1 Å². The first-order valence-corrected chi connectivity index (χ1v) is 9.13. The molecule has 0 aliphatic heterocycles. The van der Waals surface area contributed by atoms with Crippen molar-refractivity contribution in [1.82, 2.24) is 9.88 Å². The number of amides is 2. The van der Waals surface area contributed by atoms with Crippen molar-refractivity contribution in [3.05, 3.63) is 34.7 Å². The first kappa shape index (κ1) is 16.9. The van der Waals surface area contributed by atoms with Crippen LogP contribution in [-0.2, 0) is 0 Å². The lowest BCUT2D eigenvalue weighted by Gasteiger charge is -2.23. The third-order valence-electron chi connectivity index (χ3n) is 4.52. The minimum atomic E-state index is -0.277. The Bertz CT molecular complexity index is 699. The van der Waals surface area contributed by atoms with E-state index in [4.69, 9.17) is 0 Å². The van der Waals surface area contributed by atoms with Crippen LogP contribution in [0.4, 0.5) is 10.5 Å². The Kier molecular flexibility index (Phi) is 5.16. The summed E-state index contributed by atoms with van der Waals surface area (Å²) in [4.78, 5) is 18.4. The van der Waals surface area contributed by atoms with Crippen LogP contribution < -0.4 is 5.32 Å². The number of anilines is 1. The van der Waals surface area contributed by atoms with Crippen LogP contribution in [0, 0.1) is 12.8 Å². The zero-order valence-electron chi connectivity index (χ0n) is 14.0. The third-order valence-corrected chi connectivity index (χ3v) is 5.30. The zero-order chi connectivity index (χ0) is 17.1. The van der Waals surface area contributed by atoms with Crippen molar-refractivity contribution < 1.29 is 9.90 Å². The average molecular weight is 345 g/mol. The Morgan fingerprint density at radius 3 is 2.71 bits per heavy atom. The standard InChI is InChI=1S/C18H23N3O2S/c1-12-19-16(11-24-12)13-6-8-15(9-7-13)20-18(23)21(2)10-14-4-3-5-17(14)22/h6-9,11,14,17,22H,3-5,10H2,1-2H3,(H,20,23). The SMILES string of the molecule is Cc1nc(-c2ccc(NC(=O)N(C)CC3CCCC3O)cc2)cs1. The predicted molar refractivity (Wildman–Crippen MR) is 97.3 cm³/mol. The van der Waals surface area contributed by atoms with Crippen molar-refractivity contribution >= 4 is 23.1 Å². The van der Waals surface area contributed by atoms with Crippen LogP contribution in [0.1, 0.15) is 24.3 Å². The maximum absolute atomic E-state index is 12.3. The van der Waals surface area contributed by atoms with Crippen molar-refractivity contribution in [3.63, 3.8) is 0 Å². The number of urea groups is 1. The Hall–Kier alpha value is -1.92. The van der Waals surface area contributed by atoms with E-state index >= 15 is 0 Å². The number of rotatable bonds is 4.